The van der Waals surface area contributed by atoms with Crippen LogP contribution in [0.15, 0.2) is 54.7 Å². The van der Waals surface area contributed by atoms with Gasteiger partial charge in [0.2, 0.25) is 5.95 Å². The van der Waals surface area contributed by atoms with E-state index >= 15 is 0 Å². The highest BCUT2D eigenvalue weighted by molar-refractivity contribution is 5.63. The molecule has 0 saturated carbocycles. The second kappa shape index (κ2) is 9.68. The molecule has 176 valence electrons. The molecule has 0 unspecified atom stereocenters. The molecule has 0 bridgehead atoms. The molecule has 3 rings (SSSR count). The fraction of sp³-hybridized carbons (Fsp3) is 0.360. The lowest BCUT2D eigenvalue weighted by Gasteiger charge is -2.20. The number of alkyl halides is 3. The van der Waals surface area contributed by atoms with E-state index in [0.29, 0.717) is 29.6 Å². The molecule has 0 amide bonds. The lowest BCUT2D eigenvalue weighted by atomic mass is 9.87. The van der Waals surface area contributed by atoms with Gasteiger partial charge in [-0.1, -0.05) is 46.8 Å². The van der Waals surface area contributed by atoms with E-state index in [-0.39, 0.29) is 17.2 Å². The van der Waals surface area contributed by atoms with E-state index in [9.17, 15) is 13.2 Å². The topological polar surface area (TPSA) is 59.1 Å². The molecule has 0 saturated heterocycles. The Bertz CT molecular complexity index is 1060. The number of nitrogens with zero attached hydrogens (tertiary/aromatic N) is 2. The normalized spacial score (nSPS) is 12.0. The van der Waals surface area contributed by atoms with Gasteiger partial charge in [0.05, 0.1) is 6.61 Å². The van der Waals surface area contributed by atoms with Crippen LogP contribution in [0.3, 0.4) is 0 Å². The van der Waals surface area contributed by atoms with Gasteiger partial charge in [0, 0.05) is 17.6 Å². The van der Waals surface area contributed by atoms with E-state index in [1.807, 2.05) is 12.1 Å². The van der Waals surface area contributed by atoms with Gasteiger partial charge in [0.25, 0.3) is 0 Å². The van der Waals surface area contributed by atoms with E-state index in [1.54, 1.807) is 36.4 Å². The van der Waals surface area contributed by atoms with Gasteiger partial charge in [-0.2, -0.15) is 18.2 Å². The van der Waals surface area contributed by atoms with Crippen molar-refractivity contribution in [1.29, 1.82) is 0 Å². The zero-order chi connectivity index (χ0) is 24.2. The van der Waals surface area contributed by atoms with Gasteiger partial charge in [-0.25, -0.2) is 4.98 Å². The Balaban J connectivity index is 1.81. The predicted molar refractivity (Wildman–Crippen MR) is 126 cm³/mol. The largest absolute Gasteiger partial charge is 0.493 e. The molecular formula is C25H29F3N4O. The summed E-state index contributed by atoms with van der Waals surface area (Å²) in [6, 6.07) is 14.3. The molecule has 0 radical (unpaired) electrons. The number of halogens is 3. The first-order valence-corrected chi connectivity index (χ1v) is 10.7. The standard InChI is InChI=1S/C25H29F3N4O/c1-16(2)15-33-20-12-10-19(11-13-20)31-23-29-14-21(25(26,27)28)22(32-23)30-18-8-6-17(7-9-18)24(3,4)5/h6-14,16H,15H2,1-5H3,(H2,29,30,31,32). The van der Waals surface area contributed by atoms with Crippen LogP contribution in [0.25, 0.3) is 0 Å². The number of ether oxygens (including phenoxy) is 1. The third-order valence-electron chi connectivity index (χ3n) is 4.80. The molecule has 5 nitrogen and oxygen atoms in total. The highest BCUT2D eigenvalue weighted by Crippen LogP contribution is 2.35. The first kappa shape index (κ1) is 24.4. The number of hydrogen-bond acceptors (Lipinski definition) is 5. The van der Waals surface area contributed by atoms with Crippen LogP contribution < -0.4 is 15.4 Å². The summed E-state index contributed by atoms with van der Waals surface area (Å²) in [7, 11) is 0. The third-order valence-corrected chi connectivity index (χ3v) is 4.80. The van der Waals surface area contributed by atoms with Gasteiger partial charge in [-0.05, 0) is 53.3 Å². The molecule has 1 heterocycles. The van der Waals surface area contributed by atoms with E-state index in [1.165, 1.54) is 0 Å². The van der Waals surface area contributed by atoms with Gasteiger partial charge in [0.1, 0.15) is 17.1 Å². The maximum Gasteiger partial charge on any atom is 0.421 e. The van der Waals surface area contributed by atoms with E-state index < -0.39 is 11.7 Å². The zero-order valence-electron chi connectivity index (χ0n) is 19.4. The van der Waals surface area contributed by atoms with E-state index in [4.69, 9.17) is 4.74 Å². The van der Waals surface area contributed by atoms with E-state index in [2.05, 4.69) is 55.2 Å². The van der Waals surface area contributed by atoms with Crippen LogP contribution in [0.2, 0.25) is 0 Å². The third kappa shape index (κ3) is 6.84. The molecule has 3 aromatic rings. The van der Waals surface area contributed by atoms with Crippen LogP contribution in [0, 0.1) is 5.92 Å². The number of rotatable bonds is 7. The Morgan fingerprint density at radius 3 is 2.00 bits per heavy atom. The van der Waals surface area contributed by atoms with Gasteiger partial charge in [-0.15, -0.1) is 0 Å². The summed E-state index contributed by atoms with van der Waals surface area (Å²) in [6.45, 7) is 10.9. The van der Waals surface area contributed by atoms with Crippen molar-refractivity contribution >= 4 is 23.1 Å². The Morgan fingerprint density at radius 1 is 0.879 bits per heavy atom. The molecule has 0 spiro atoms. The highest BCUT2D eigenvalue weighted by atomic mass is 19.4. The SMILES string of the molecule is CC(C)COc1ccc(Nc2ncc(C(F)(F)F)c(Nc3ccc(C(C)(C)C)cc3)n2)cc1. The van der Waals surface area contributed by atoms with Gasteiger partial charge in [0.15, 0.2) is 0 Å². The summed E-state index contributed by atoms with van der Waals surface area (Å²) in [5, 5.41) is 5.73. The van der Waals surface area contributed by atoms with Gasteiger partial charge >= 0.3 is 6.18 Å². The highest BCUT2D eigenvalue weighted by Gasteiger charge is 2.35. The smallest absolute Gasteiger partial charge is 0.421 e. The lowest BCUT2D eigenvalue weighted by molar-refractivity contribution is -0.137. The quantitative estimate of drug-likeness (QED) is 0.389. The molecule has 0 fully saturated rings. The second-order valence-corrected chi connectivity index (χ2v) is 9.26. The van der Waals surface area contributed by atoms with Crippen molar-refractivity contribution < 1.29 is 17.9 Å². The molecule has 1 aromatic heterocycles. The first-order chi connectivity index (χ1) is 15.4. The van der Waals surface area contributed by atoms with Crippen molar-refractivity contribution in [1.82, 2.24) is 9.97 Å². The summed E-state index contributed by atoms with van der Waals surface area (Å²) >= 11 is 0. The minimum absolute atomic E-state index is 0.0488. The maximum atomic E-state index is 13.5. The zero-order valence-corrected chi connectivity index (χ0v) is 19.4. The summed E-state index contributed by atoms with van der Waals surface area (Å²) in [5.74, 6) is 0.843. The van der Waals surface area contributed by atoms with Crippen molar-refractivity contribution in [2.24, 2.45) is 5.92 Å². The van der Waals surface area contributed by atoms with Crippen LogP contribution in [-0.2, 0) is 11.6 Å². The van der Waals surface area contributed by atoms with Crippen molar-refractivity contribution in [2.45, 2.75) is 46.2 Å². The van der Waals surface area contributed by atoms with Crippen LogP contribution in [-0.4, -0.2) is 16.6 Å². The summed E-state index contributed by atoms with van der Waals surface area (Å²) < 4.78 is 46.3. The molecule has 0 atom stereocenters. The van der Waals surface area contributed by atoms with Crippen molar-refractivity contribution in [3.8, 4) is 5.75 Å². The fourth-order valence-corrected chi connectivity index (χ4v) is 2.96. The van der Waals surface area contributed by atoms with Crippen molar-refractivity contribution in [2.75, 3.05) is 17.2 Å². The molecule has 2 aromatic carbocycles. The van der Waals surface area contributed by atoms with Crippen LogP contribution in [0.5, 0.6) is 5.75 Å². The first-order valence-electron chi connectivity index (χ1n) is 10.7. The van der Waals surface area contributed by atoms with Gasteiger partial charge < -0.3 is 15.4 Å². The molecule has 2 N–H and O–H groups in total. The number of benzene rings is 2. The molecular weight excluding hydrogens is 429 g/mol. The van der Waals surface area contributed by atoms with Crippen LogP contribution in [0.1, 0.15) is 45.7 Å². The Morgan fingerprint density at radius 2 is 1.45 bits per heavy atom. The average molecular weight is 459 g/mol. The minimum Gasteiger partial charge on any atom is -0.493 e. The Hall–Kier alpha value is -3.29. The van der Waals surface area contributed by atoms with Crippen LogP contribution >= 0.6 is 0 Å². The summed E-state index contributed by atoms with van der Waals surface area (Å²) in [4.78, 5) is 7.96. The van der Waals surface area contributed by atoms with Crippen LogP contribution in [0.4, 0.5) is 36.3 Å². The average Bonchev–Trinajstić information content (AvgIpc) is 2.72. The number of hydrogen-bond donors (Lipinski definition) is 2. The summed E-state index contributed by atoms with van der Waals surface area (Å²) in [5.41, 5.74) is 1.22. The molecule has 8 heteroatoms. The molecule has 33 heavy (non-hydrogen) atoms. The second-order valence-electron chi connectivity index (χ2n) is 9.26. The monoisotopic (exact) mass is 458 g/mol. The van der Waals surface area contributed by atoms with Crippen molar-refractivity contribution in [3.05, 3.63) is 65.9 Å². The summed E-state index contributed by atoms with van der Waals surface area (Å²) in [6.07, 6.45) is -3.82. The molecule has 0 aliphatic rings. The molecule has 0 aliphatic carbocycles. The maximum absolute atomic E-state index is 13.5. The van der Waals surface area contributed by atoms with E-state index in [0.717, 1.165) is 11.8 Å². The fourth-order valence-electron chi connectivity index (χ4n) is 2.96. The number of nitrogens with one attached hydrogen (secondary N) is 2. The minimum atomic E-state index is -4.60. The number of anilines is 4. The predicted octanol–water partition coefficient (Wildman–Crippen LogP) is 7.31. The van der Waals surface area contributed by atoms with Crippen molar-refractivity contribution in [3.63, 3.8) is 0 Å². The Labute approximate surface area is 192 Å². The van der Waals surface area contributed by atoms with Gasteiger partial charge in [-0.3, -0.25) is 0 Å². The molecule has 0 aliphatic heterocycles. The number of aromatic nitrogens is 2. The lowest BCUT2D eigenvalue weighted by Crippen LogP contribution is -2.13. The Kier molecular flexibility index (Phi) is 7.15.